The quantitative estimate of drug-likeness (QED) is 0.309. The second kappa shape index (κ2) is 12.0. The van der Waals surface area contributed by atoms with E-state index < -0.39 is 0 Å². The molecule has 1 rings (SSSR count). The topological polar surface area (TPSA) is 50.4 Å². The van der Waals surface area contributed by atoms with Gasteiger partial charge in [-0.25, -0.2) is 0 Å². The maximum atomic E-state index is 5.83. The maximum Gasteiger partial charge on any atom is 0.188 e. The van der Waals surface area contributed by atoms with E-state index in [4.69, 9.17) is 5.73 Å². The molecular weight excluding hydrogens is 361 g/mol. The normalized spacial score (nSPS) is 11.0. The average Bonchev–Trinajstić information content (AvgIpc) is 2.41. The van der Waals surface area contributed by atoms with Crippen LogP contribution in [-0.2, 0) is 6.42 Å². The zero-order chi connectivity index (χ0) is 13.9. The number of nitrogens with zero attached hydrogens (tertiary/aromatic N) is 1. The van der Waals surface area contributed by atoms with Gasteiger partial charge in [0.05, 0.1) is 0 Å². The van der Waals surface area contributed by atoms with Crippen LogP contribution in [0.2, 0.25) is 0 Å². The van der Waals surface area contributed by atoms with Crippen molar-refractivity contribution in [3.8, 4) is 0 Å². The van der Waals surface area contributed by atoms with Gasteiger partial charge in [-0.15, -0.1) is 24.0 Å². The summed E-state index contributed by atoms with van der Waals surface area (Å²) in [5.41, 5.74) is 8.53. The molecule has 0 fully saturated rings. The molecule has 0 spiro atoms. The first-order valence-electron chi connectivity index (χ1n) is 7.32. The summed E-state index contributed by atoms with van der Waals surface area (Å²) in [7, 11) is 0. The first kappa shape index (κ1) is 19.2. The SMILES string of the molecule is CCCCCCN=C(N)NCCc1ccccc1C.I. The molecule has 0 bridgehead atoms. The third-order valence-electron chi connectivity index (χ3n) is 3.26. The summed E-state index contributed by atoms with van der Waals surface area (Å²) in [5, 5.41) is 3.18. The first-order chi connectivity index (χ1) is 9.24. The molecule has 0 saturated heterocycles. The Morgan fingerprint density at radius 3 is 2.65 bits per heavy atom. The van der Waals surface area contributed by atoms with Gasteiger partial charge in [0.2, 0.25) is 0 Å². The van der Waals surface area contributed by atoms with Crippen LogP contribution < -0.4 is 11.1 Å². The Bertz CT molecular complexity index is 391. The van der Waals surface area contributed by atoms with Crippen molar-refractivity contribution in [3.05, 3.63) is 35.4 Å². The van der Waals surface area contributed by atoms with Gasteiger partial charge in [-0.3, -0.25) is 4.99 Å². The summed E-state index contributed by atoms with van der Waals surface area (Å²) in [4.78, 5) is 4.33. The number of unbranched alkanes of at least 4 members (excludes halogenated alkanes) is 3. The predicted molar refractivity (Wildman–Crippen MR) is 98.9 cm³/mol. The van der Waals surface area contributed by atoms with Crippen molar-refractivity contribution >= 4 is 29.9 Å². The average molecular weight is 389 g/mol. The van der Waals surface area contributed by atoms with Crippen molar-refractivity contribution in [1.29, 1.82) is 0 Å². The number of hydrogen-bond acceptors (Lipinski definition) is 1. The lowest BCUT2D eigenvalue weighted by molar-refractivity contribution is 0.673. The zero-order valence-electron chi connectivity index (χ0n) is 12.7. The van der Waals surface area contributed by atoms with Gasteiger partial charge in [-0.1, -0.05) is 50.5 Å². The van der Waals surface area contributed by atoms with E-state index in [9.17, 15) is 0 Å². The Kier molecular flexibility index (Phi) is 11.5. The van der Waals surface area contributed by atoms with E-state index in [-0.39, 0.29) is 24.0 Å². The van der Waals surface area contributed by atoms with Crippen LogP contribution in [0.25, 0.3) is 0 Å². The van der Waals surface area contributed by atoms with Gasteiger partial charge >= 0.3 is 0 Å². The number of nitrogens with two attached hydrogens (primary N) is 1. The summed E-state index contributed by atoms with van der Waals surface area (Å²) in [6.07, 6.45) is 5.91. The minimum absolute atomic E-state index is 0. The molecule has 0 aliphatic heterocycles. The first-order valence-corrected chi connectivity index (χ1v) is 7.32. The van der Waals surface area contributed by atoms with Gasteiger partial charge < -0.3 is 11.1 Å². The van der Waals surface area contributed by atoms with E-state index >= 15 is 0 Å². The Balaban J connectivity index is 0.00000361. The zero-order valence-corrected chi connectivity index (χ0v) is 15.0. The van der Waals surface area contributed by atoms with Crippen LogP contribution >= 0.6 is 24.0 Å². The largest absolute Gasteiger partial charge is 0.370 e. The van der Waals surface area contributed by atoms with E-state index in [0.29, 0.717) is 5.96 Å². The van der Waals surface area contributed by atoms with Crippen LogP contribution in [0.3, 0.4) is 0 Å². The van der Waals surface area contributed by atoms with Crippen molar-refractivity contribution < 1.29 is 0 Å². The number of benzene rings is 1. The number of hydrogen-bond donors (Lipinski definition) is 2. The van der Waals surface area contributed by atoms with E-state index in [1.54, 1.807) is 0 Å². The minimum Gasteiger partial charge on any atom is -0.370 e. The third kappa shape index (κ3) is 8.40. The minimum atomic E-state index is 0. The van der Waals surface area contributed by atoms with Gasteiger partial charge in [-0.2, -0.15) is 0 Å². The van der Waals surface area contributed by atoms with E-state index in [0.717, 1.165) is 25.9 Å². The molecule has 0 aliphatic carbocycles. The second-order valence-electron chi connectivity index (χ2n) is 4.93. The summed E-state index contributed by atoms with van der Waals surface area (Å²) in [6.45, 7) is 6.03. The van der Waals surface area contributed by atoms with Crippen LogP contribution in [0.15, 0.2) is 29.3 Å². The highest BCUT2D eigenvalue weighted by Crippen LogP contribution is 2.06. The molecule has 0 amide bonds. The smallest absolute Gasteiger partial charge is 0.188 e. The van der Waals surface area contributed by atoms with Gasteiger partial charge in [0.25, 0.3) is 0 Å². The summed E-state index contributed by atoms with van der Waals surface area (Å²) >= 11 is 0. The molecule has 0 aromatic heterocycles. The molecule has 3 nitrogen and oxygen atoms in total. The number of guanidine groups is 1. The summed E-state index contributed by atoms with van der Waals surface area (Å²) in [6, 6.07) is 8.45. The fourth-order valence-electron chi connectivity index (χ4n) is 2.01. The molecule has 20 heavy (non-hydrogen) atoms. The van der Waals surface area contributed by atoms with Crippen LogP contribution in [-0.4, -0.2) is 19.0 Å². The Morgan fingerprint density at radius 1 is 1.20 bits per heavy atom. The molecule has 0 aliphatic rings. The molecular formula is C16H28IN3. The van der Waals surface area contributed by atoms with Gasteiger partial charge in [0, 0.05) is 13.1 Å². The third-order valence-corrected chi connectivity index (χ3v) is 3.26. The molecule has 1 aromatic carbocycles. The van der Waals surface area contributed by atoms with Crippen molar-refractivity contribution in [2.75, 3.05) is 13.1 Å². The van der Waals surface area contributed by atoms with E-state index in [1.807, 2.05) is 0 Å². The molecule has 0 atom stereocenters. The Labute approximate surface area is 140 Å². The van der Waals surface area contributed by atoms with Gasteiger partial charge in [-0.05, 0) is 30.9 Å². The highest BCUT2D eigenvalue weighted by molar-refractivity contribution is 14.0. The lowest BCUT2D eigenvalue weighted by Gasteiger charge is -2.07. The fraction of sp³-hybridized carbons (Fsp3) is 0.562. The monoisotopic (exact) mass is 389 g/mol. The number of nitrogens with one attached hydrogen (secondary N) is 1. The van der Waals surface area contributed by atoms with Crippen LogP contribution in [0.4, 0.5) is 0 Å². The lowest BCUT2D eigenvalue weighted by atomic mass is 10.1. The van der Waals surface area contributed by atoms with E-state index in [1.165, 1.54) is 30.4 Å². The maximum absolute atomic E-state index is 5.83. The standard InChI is InChI=1S/C16H27N3.HI/c1-3-4-5-8-12-18-16(17)19-13-11-15-10-7-6-9-14(15)2;/h6-7,9-10H,3-5,8,11-13H2,1-2H3,(H3,17,18,19);1H. The lowest BCUT2D eigenvalue weighted by Crippen LogP contribution is -2.33. The van der Waals surface area contributed by atoms with E-state index in [2.05, 4.69) is 48.4 Å². The van der Waals surface area contributed by atoms with Crippen molar-refractivity contribution in [2.45, 2.75) is 46.0 Å². The fourth-order valence-corrected chi connectivity index (χ4v) is 2.01. The molecule has 3 N–H and O–H groups in total. The highest BCUT2D eigenvalue weighted by atomic mass is 127. The second-order valence-corrected chi connectivity index (χ2v) is 4.93. The Hall–Kier alpha value is -0.780. The van der Waals surface area contributed by atoms with Crippen LogP contribution in [0.1, 0.15) is 43.7 Å². The van der Waals surface area contributed by atoms with Gasteiger partial charge in [0.15, 0.2) is 5.96 Å². The molecule has 0 radical (unpaired) electrons. The van der Waals surface area contributed by atoms with Gasteiger partial charge in [0.1, 0.15) is 0 Å². The molecule has 0 heterocycles. The summed E-state index contributed by atoms with van der Waals surface area (Å²) in [5.74, 6) is 0.574. The summed E-state index contributed by atoms with van der Waals surface area (Å²) < 4.78 is 0. The molecule has 114 valence electrons. The number of aryl methyl sites for hydroxylation is 1. The molecule has 0 saturated carbocycles. The van der Waals surface area contributed by atoms with Crippen molar-refractivity contribution in [1.82, 2.24) is 5.32 Å². The Morgan fingerprint density at radius 2 is 1.95 bits per heavy atom. The van der Waals surface area contributed by atoms with Crippen molar-refractivity contribution in [2.24, 2.45) is 10.7 Å². The molecule has 1 aromatic rings. The van der Waals surface area contributed by atoms with Crippen LogP contribution in [0.5, 0.6) is 0 Å². The van der Waals surface area contributed by atoms with Crippen molar-refractivity contribution in [3.63, 3.8) is 0 Å². The number of aliphatic imine (C=N–C) groups is 1. The number of rotatable bonds is 8. The molecule has 4 heteroatoms. The predicted octanol–water partition coefficient (Wildman–Crippen LogP) is 3.64. The number of halogens is 1. The van der Waals surface area contributed by atoms with Crippen LogP contribution in [0, 0.1) is 6.92 Å². The molecule has 0 unspecified atom stereocenters. The highest BCUT2D eigenvalue weighted by Gasteiger charge is 1.97.